The average molecular weight is 560 g/mol. The summed E-state index contributed by atoms with van der Waals surface area (Å²) in [5.74, 6) is 0.528. The number of thiazole rings is 1. The van der Waals surface area contributed by atoms with Gasteiger partial charge in [-0.05, 0) is 43.9 Å². The van der Waals surface area contributed by atoms with E-state index in [2.05, 4.69) is 21.6 Å². The molecular formula is C28H25N5O6S. The first-order valence-electron chi connectivity index (χ1n) is 13.2. The fourth-order valence-electron chi connectivity index (χ4n) is 6.87. The van der Waals surface area contributed by atoms with Gasteiger partial charge in [0, 0.05) is 11.6 Å². The van der Waals surface area contributed by atoms with Crippen LogP contribution in [0.25, 0.3) is 10.2 Å². The van der Waals surface area contributed by atoms with E-state index in [-0.39, 0.29) is 29.2 Å². The molecule has 12 heteroatoms. The van der Waals surface area contributed by atoms with Gasteiger partial charge in [0.2, 0.25) is 6.79 Å². The SMILES string of the molecule is COc1ccc2nc(N3C4COCC3C4)sc2c1C(=O)Nc1cc2c(cc1C(=O)NC13CC(C#N)(C1)C3)OCO2. The summed E-state index contributed by atoms with van der Waals surface area (Å²) in [5.41, 5.74) is 0.951. The molecule has 5 fully saturated rings. The molecule has 204 valence electrons. The number of amides is 2. The highest BCUT2D eigenvalue weighted by Crippen LogP contribution is 2.66. The molecule has 3 aromatic rings. The number of nitrogens with one attached hydrogen (secondary N) is 2. The Morgan fingerprint density at radius 2 is 1.90 bits per heavy atom. The summed E-state index contributed by atoms with van der Waals surface area (Å²) in [5, 5.41) is 16.2. The molecule has 0 spiro atoms. The fourth-order valence-corrected chi connectivity index (χ4v) is 8.12. The number of carbonyl (C=O) groups excluding carboxylic acids is 2. The molecule has 2 unspecified atom stereocenters. The van der Waals surface area contributed by atoms with Crippen molar-refractivity contribution in [1.82, 2.24) is 10.3 Å². The van der Waals surface area contributed by atoms with E-state index in [0.29, 0.717) is 83.3 Å². The predicted molar refractivity (Wildman–Crippen MR) is 144 cm³/mol. The molecule has 40 heavy (non-hydrogen) atoms. The lowest BCUT2D eigenvalue weighted by Crippen LogP contribution is -2.74. The van der Waals surface area contributed by atoms with Crippen LogP contribution in [0.15, 0.2) is 24.3 Å². The molecule has 3 saturated carbocycles. The second-order valence-electron chi connectivity index (χ2n) is 11.3. The van der Waals surface area contributed by atoms with Crippen molar-refractivity contribution >= 4 is 44.2 Å². The van der Waals surface area contributed by atoms with Crippen molar-refractivity contribution in [1.29, 1.82) is 5.26 Å². The molecule has 11 nitrogen and oxygen atoms in total. The zero-order valence-corrected chi connectivity index (χ0v) is 22.4. The summed E-state index contributed by atoms with van der Waals surface area (Å²) in [6.45, 7) is 1.39. The van der Waals surface area contributed by atoms with Crippen LogP contribution in [-0.4, -0.2) is 61.5 Å². The maximum Gasteiger partial charge on any atom is 0.260 e. The highest BCUT2D eigenvalue weighted by Gasteiger charge is 2.69. The number of anilines is 2. The molecular weight excluding hydrogens is 534 g/mol. The van der Waals surface area contributed by atoms with Gasteiger partial charge < -0.3 is 34.5 Å². The van der Waals surface area contributed by atoms with Crippen molar-refractivity contribution in [2.45, 2.75) is 43.3 Å². The van der Waals surface area contributed by atoms with Crippen LogP contribution in [0.5, 0.6) is 17.2 Å². The van der Waals surface area contributed by atoms with Gasteiger partial charge in [0.1, 0.15) is 11.3 Å². The van der Waals surface area contributed by atoms with Gasteiger partial charge in [-0.3, -0.25) is 9.59 Å². The molecule has 2 aromatic carbocycles. The lowest BCUT2D eigenvalue weighted by molar-refractivity contribution is -0.102. The lowest BCUT2D eigenvalue weighted by atomic mass is 9.40. The molecule has 2 N–H and O–H groups in total. The van der Waals surface area contributed by atoms with Crippen LogP contribution in [-0.2, 0) is 4.74 Å². The summed E-state index contributed by atoms with van der Waals surface area (Å²) in [6, 6.07) is 9.75. The number of aromatic nitrogens is 1. The smallest absolute Gasteiger partial charge is 0.260 e. The third-order valence-electron chi connectivity index (χ3n) is 8.78. The van der Waals surface area contributed by atoms with E-state index < -0.39 is 5.91 Å². The topological polar surface area (TPSA) is 135 Å². The molecule has 1 aromatic heterocycles. The molecule has 2 amide bonds. The summed E-state index contributed by atoms with van der Waals surface area (Å²) in [4.78, 5) is 34.5. The average Bonchev–Trinajstić information content (AvgIpc) is 3.55. The number of hydrogen-bond donors (Lipinski definition) is 2. The second kappa shape index (κ2) is 8.22. The Morgan fingerprint density at radius 3 is 2.60 bits per heavy atom. The Hall–Kier alpha value is -4.08. The number of fused-ring (bicyclic) bond motifs is 4. The first-order chi connectivity index (χ1) is 19.4. The largest absolute Gasteiger partial charge is 0.496 e. The summed E-state index contributed by atoms with van der Waals surface area (Å²) >= 11 is 1.46. The number of nitriles is 1. The fraction of sp³-hybridized carbons (Fsp3) is 0.429. The van der Waals surface area contributed by atoms with E-state index in [1.807, 2.05) is 6.07 Å². The molecule has 4 heterocycles. The first kappa shape index (κ1) is 23.8. The lowest BCUT2D eigenvalue weighted by Gasteiger charge is -2.66. The van der Waals surface area contributed by atoms with Gasteiger partial charge >= 0.3 is 0 Å². The van der Waals surface area contributed by atoms with E-state index in [1.54, 1.807) is 18.2 Å². The highest BCUT2D eigenvalue weighted by molar-refractivity contribution is 7.22. The molecule has 0 radical (unpaired) electrons. The minimum atomic E-state index is -0.424. The Balaban J connectivity index is 1.13. The van der Waals surface area contributed by atoms with Crippen molar-refractivity contribution in [3.05, 3.63) is 35.4 Å². The number of carbonyl (C=O) groups is 2. The zero-order chi connectivity index (χ0) is 27.2. The minimum Gasteiger partial charge on any atom is -0.496 e. The summed E-state index contributed by atoms with van der Waals surface area (Å²) < 4.78 is 23.0. The standard InChI is InChI=1S/C28H25N5O6S/c1-36-19-3-2-17-23(40-26(31-17)33-14-4-15(33)8-37-7-14)22(19)25(35)30-18-6-21-20(38-13-39-21)5-16(18)24(34)32-28-9-27(10-28,11-28)12-29/h2-3,5-6,14-15H,4,7-11,13H2,1H3,(H,30,35)(H,32,34). The van der Waals surface area contributed by atoms with Gasteiger partial charge in [-0.2, -0.15) is 5.26 Å². The number of nitrogens with zero attached hydrogens (tertiary/aromatic N) is 3. The van der Waals surface area contributed by atoms with Gasteiger partial charge in [0.05, 0.1) is 65.4 Å². The van der Waals surface area contributed by atoms with Gasteiger partial charge in [0.25, 0.3) is 11.8 Å². The van der Waals surface area contributed by atoms with E-state index in [9.17, 15) is 14.9 Å². The molecule has 4 bridgehead atoms. The number of ether oxygens (including phenoxy) is 4. The third-order valence-corrected chi connectivity index (χ3v) is 9.88. The number of methoxy groups -OCH3 is 1. The van der Waals surface area contributed by atoms with Crippen LogP contribution in [0, 0.1) is 16.7 Å². The third kappa shape index (κ3) is 3.34. The quantitative estimate of drug-likeness (QED) is 0.466. The first-order valence-corrected chi connectivity index (χ1v) is 14.0. The van der Waals surface area contributed by atoms with E-state index in [4.69, 9.17) is 23.9 Å². The van der Waals surface area contributed by atoms with Gasteiger partial charge in [0.15, 0.2) is 16.6 Å². The van der Waals surface area contributed by atoms with E-state index in [1.165, 1.54) is 18.4 Å². The number of rotatable bonds is 6. The van der Waals surface area contributed by atoms with Crippen molar-refractivity contribution in [3.8, 4) is 23.3 Å². The summed E-state index contributed by atoms with van der Waals surface area (Å²) in [6.07, 6.45) is 3.02. The van der Waals surface area contributed by atoms with Crippen molar-refractivity contribution in [2.75, 3.05) is 37.3 Å². The van der Waals surface area contributed by atoms with Crippen LogP contribution in [0.3, 0.4) is 0 Å². The zero-order valence-electron chi connectivity index (χ0n) is 21.6. The van der Waals surface area contributed by atoms with E-state index in [0.717, 1.165) is 11.6 Å². The Labute approximate surface area is 233 Å². The highest BCUT2D eigenvalue weighted by atomic mass is 32.1. The molecule has 6 aliphatic rings. The van der Waals surface area contributed by atoms with Gasteiger partial charge in [-0.25, -0.2) is 4.98 Å². The van der Waals surface area contributed by atoms with Crippen LogP contribution in [0.4, 0.5) is 10.8 Å². The van der Waals surface area contributed by atoms with Crippen LogP contribution >= 0.6 is 11.3 Å². The van der Waals surface area contributed by atoms with Gasteiger partial charge in [-0.15, -0.1) is 0 Å². The van der Waals surface area contributed by atoms with Crippen molar-refractivity contribution in [3.63, 3.8) is 0 Å². The number of morpholine rings is 1. The number of benzene rings is 2. The van der Waals surface area contributed by atoms with Crippen molar-refractivity contribution < 1.29 is 28.5 Å². The second-order valence-corrected chi connectivity index (χ2v) is 12.3. The van der Waals surface area contributed by atoms with Gasteiger partial charge in [-0.1, -0.05) is 11.3 Å². The molecule has 3 aliphatic carbocycles. The molecule has 3 aliphatic heterocycles. The maximum atomic E-state index is 13.9. The normalized spacial score (nSPS) is 28.6. The monoisotopic (exact) mass is 559 g/mol. The van der Waals surface area contributed by atoms with E-state index >= 15 is 0 Å². The Kier molecular flexibility index (Phi) is 4.89. The molecule has 9 rings (SSSR count). The molecule has 2 saturated heterocycles. The maximum absolute atomic E-state index is 13.9. The Morgan fingerprint density at radius 1 is 1.15 bits per heavy atom. The number of hydrogen-bond acceptors (Lipinski definition) is 10. The van der Waals surface area contributed by atoms with Crippen LogP contribution in [0.2, 0.25) is 0 Å². The van der Waals surface area contributed by atoms with Crippen LogP contribution in [0.1, 0.15) is 46.4 Å². The molecule has 2 atom stereocenters. The predicted octanol–water partition coefficient (Wildman–Crippen LogP) is 3.44. The van der Waals surface area contributed by atoms with Crippen LogP contribution < -0.4 is 29.7 Å². The summed E-state index contributed by atoms with van der Waals surface area (Å²) in [7, 11) is 1.52. The van der Waals surface area contributed by atoms with Crippen molar-refractivity contribution in [2.24, 2.45) is 5.41 Å². The minimum absolute atomic E-state index is 0.0305. The Bertz CT molecular complexity index is 1630.